The van der Waals surface area contributed by atoms with Gasteiger partial charge in [-0.3, -0.25) is 0 Å². The van der Waals surface area contributed by atoms with Crippen molar-refractivity contribution in [1.29, 1.82) is 0 Å². The van der Waals surface area contributed by atoms with Crippen molar-refractivity contribution in [3.05, 3.63) is 57.8 Å². The van der Waals surface area contributed by atoms with E-state index in [1.54, 1.807) is 17.4 Å². The third-order valence-electron chi connectivity index (χ3n) is 2.82. The summed E-state index contributed by atoms with van der Waals surface area (Å²) >= 11 is 1.56. The van der Waals surface area contributed by atoms with E-state index in [9.17, 15) is 4.79 Å². The smallest absolute Gasteiger partial charge is 0.328 e. The van der Waals surface area contributed by atoms with E-state index >= 15 is 0 Å². The standard InChI is InChI=1S/C16H16O3S/c1-2-13-5-3-4-6-15(13)19-10-14-9-12(11-20-14)7-8-16(17)18/h3-9,11H,2,10H2,1H3,(H,17,18). The molecule has 0 saturated heterocycles. The van der Waals surface area contributed by atoms with Gasteiger partial charge in [-0.05, 0) is 41.1 Å². The van der Waals surface area contributed by atoms with E-state index in [1.165, 1.54) is 5.56 Å². The summed E-state index contributed by atoms with van der Waals surface area (Å²) in [5.41, 5.74) is 2.08. The molecule has 0 aliphatic rings. The quantitative estimate of drug-likeness (QED) is 0.818. The van der Waals surface area contributed by atoms with Crippen LogP contribution in [-0.2, 0) is 17.8 Å². The van der Waals surface area contributed by atoms with Crippen LogP contribution in [0.2, 0.25) is 0 Å². The molecular weight excluding hydrogens is 272 g/mol. The molecule has 0 spiro atoms. The summed E-state index contributed by atoms with van der Waals surface area (Å²) in [6.45, 7) is 2.60. The Morgan fingerprint density at radius 1 is 1.40 bits per heavy atom. The van der Waals surface area contributed by atoms with Gasteiger partial charge in [0.1, 0.15) is 12.4 Å². The Kier molecular flexibility index (Phi) is 4.96. The maximum Gasteiger partial charge on any atom is 0.328 e. The molecule has 1 aromatic heterocycles. The first-order chi connectivity index (χ1) is 9.69. The lowest BCUT2D eigenvalue weighted by Crippen LogP contribution is -1.96. The minimum Gasteiger partial charge on any atom is -0.488 e. The maximum absolute atomic E-state index is 10.5. The minimum atomic E-state index is -0.939. The van der Waals surface area contributed by atoms with Gasteiger partial charge in [-0.2, -0.15) is 0 Å². The lowest BCUT2D eigenvalue weighted by Gasteiger charge is -2.08. The lowest BCUT2D eigenvalue weighted by molar-refractivity contribution is -0.131. The number of carboxylic acids is 1. The Morgan fingerprint density at radius 3 is 2.95 bits per heavy atom. The highest BCUT2D eigenvalue weighted by molar-refractivity contribution is 7.10. The van der Waals surface area contributed by atoms with Gasteiger partial charge in [0.05, 0.1) is 0 Å². The molecule has 2 aromatic rings. The minimum absolute atomic E-state index is 0.503. The second kappa shape index (κ2) is 6.91. The number of para-hydroxylation sites is 1. The fourth-order valence-electron chi connectivity index (χ4n) is 1.81. The third-order valence-corrected chi connectivity index (χ3v) is 3.74. The number of hydrogen-bond acceptors (Lipinski definition) is 3. The molecule has 0 saturated carbocycles. The van der Waals surface area contributed by atoms with Gasteiger partial charge in [0.2, 0.25) is 0 Å². The normalized spacial score (nSPS) is 10.8. The molecule has 0 unspecified atom stereocenters. The third kappa shape index (κ3) is 3.96. The second-order valence-electron chi connectivity index (χ2n) is 4.27. The van der Waals surface area contributed by atoms with Gasteiger partial charge in [0.25, 0.3) is 0 Å². The highest BCUT2D eigenvalue weighted by Gasteiger charge is 2.03. The number of ether oxygens (including phenoxy) is 1. The summed E-state index contributed by atoms with van der Waals surface area (Å²) < 4.78 is 5.82. The number of hydrogen-bond donors (Lipinski definition) is 1. The Bertz CT molecular complexity index is 614. The molecule has 0 aliphatic heterocycles. The average Bonchev–Trinajstić information content (AvgIpc) is 2.91. The van der Waals surface area contributed by atoms with Gasteiger partial charge in [0.15, 0.2) is 0 Å². The van der Waals surface area contributed by atoms with Crippen LogP contribution in [0.4, 0.5) is 0 Å². The Hall–Kier alpha value is -2.07. The Morgan fingerprint density at radius 2 is 2.20 bits per heavy atom. The molecule has 1 N–H and O–H groups in total. The van der Waals surface area contributed by atoms with E-state index in [2.05, 4.69) is 13.0 Å². The highest BCUT2D eigenvalue weighted by atomic mass is 32.1. The van der Waals surface area contributed by atoms with E-state index in [0.717, 1.165) is 28.7 Å². The van der Waals surface area contributed by atoms with Crippen LogP contribution >= 0.6 is 11.3 Å². The van der Waals surface area contributed by atoms with E-state index in [-0.39, 0.29) is 0 Å². The summed E-state index contributed by atoms with van der Waals surface area (Å²) in [6, 6.07) is 9.94. The van der Waals surface area contributed by atoms with Crippen molar-refractivity contribution in [2.45, 2.75) is 20.0 Å². The SMILES string of the molecule is CCc1ccccc1OCc1cc(C=CC(=O)O)cs1. The van der Waals surface area contributed by atoms with Crippen LogP contribution in [0.15, 0.2) is 41.8 Å². The summed E-state index contributed by atoms with van der Waals surface area (Å²) in [5, 5.41) is 10.5. The summed E-state index contributed by atoms with van der Waals surface area (Å²) in [5.74, 6) is -0.0306. The van der Waals surface area contributed by atoms with Crippen LogP contribution in [0, 0.1) is 0 Å². The van der Waals surface area contributed by atoms with Gasteiger partial charge in [-0.25, -0.2) is 4.79 Å². The van der Waals surface area contributed by atoms with E-state index in [0.29, 0.717) is 6.61 Å². The molecule has 0 fully saturated rings. The monoisotopic (exact) mass is 288 g/mol. The van der Waals surface area contributed by atoms with Crippen LogP contribution in [0.5, 0.6) is 5.75 Å². The number of thiophene rings is 1. The van der Waals surface area contributed by atoms with Crippen molar-refractivity contribution >= 4 is 23.4 Å². The number of carbonyl (C=O) groups is 1. The zero-order valence-corrected chi connectivity index (χ0v) is 12.0. The summed E-state index contributed by atoms with van der Waals surface area (Å²) in [6.07, 6.45) is 3.66. The molecular formula is C16H16O3S. The van der Waals surface area contributed by atoms with Crippen molar-refractivity contribution in [3.63, 3.8) is 0 Å². The topological polar surface area (TPSA) is 46.5 Å². The van der Waals surface area contributed by atoms with Crippen molar-refractivity contribution in [1.82, 2.24) is 0 Å². The number of aliphatic carboxylic acids is 1. The zero-order chi connectivity index (χ0) is 14.4. The van der Waals surface area contributed by atoms with Crippen LogP contribution in [-0.4, -0.2) is 11.1 Å². The summed E-state index contributed by atoms with van der Waals surface area (Å²) in [7, 11) is 0. The molecule has 4 heteroatoms. The summed E-state index contributed by atoms with van der Waals surface area (Å²) in [4.78, 5) is 11.5. The van der Waals surface area contributed by atoms with Gasteiger partial charge < -0.3 is 9.84 Å². The van der Waals surface area contributed by atoms with E-state index in [4.69, 9.17) is 9.84 Å². The molecule has 1 heterocycles. The molecule has 0 aliphatic carbocycles. The van der Waals surface area contributed by atoms with Crippen LogP contribution in [0.1, 0.15) is 22.9 Å². The first-order valence-electron chi connectivity index (χ1n) is 6.38. The predicted octanol–water partition coefficient (Wildman–Crippen LogP) is 3.99. The molecule has 0 radical (unpaired) electrons. The fourth-order valence-corrected chi connectivity index (χ4v) is 2.58. The molecule has 3 nitrogen and oxygen atoms in total. The molecule has 20 heavy (non-hydrogen) atoms. The Balaban J connectivity index is 1.99. The lowest BCUT2D eigenvalue weighted by atomic mass is 10.1. The second-order valence-corrected chi connectivity index (χ2v) is 5.26. The molecule has 0 atom stereocenters. The average molecular weight is 288 g/mol. The van der Waals surface area contributed by atoms with E-state index in [1.807, 2.05) is 29.6 Å². The van der Waals surface area contributed by atoms with Crippen LogP contribution < -0.4 is 4.74 Å². The molecule has 104 valence electrons. The predicted molar refractivity (Wildman–Crippen MR) is 81.1 cm³/mol. The molecule has 0 bridgehead atoms. The largest absolute Gasteiger partial charge is 0.488 e. The Labute approximate surface area is 122 Å². The number of benzene rings is 1. The van der Waals surface area contributed by atoms with Gasteiger partial charge in [-0.1, -0.05) is 25.1 Å². The van der Waals surface area contributed by atoms with Crippen LogP contribution in [0.3, 0.4) is 0 Å². The van der Waals surface area contributed by atoms with Gasteiger partial charge in [0, 0.05) is 11.0 Å². The van der Waals surface area contributed by atoms with Crippen molar-refractivity contribution in [2.75, 3.05) is 0 Å². The first-order valence-corrected chi connectivity index (χ1v) is 7.26. The van der Waals surface area contributed by atoms with Gasteiger partial charge >= 0.3 is 5.97 Å². The first kappa shape index (κ1) is 14.3. The highest BCUT2D eigenvalue weighted by Crippen LogP contribution is 2.22. The van der Waals surface area contributed by atoms with Crippen LogP contribution in [0.25, 0.3) is 6.08 Å². The fraction of sp³-hybridized carbons (Fsp3) is 0.188. The number of carboxylic acid groups (broad SMARTS) is 1. The molecule has 1 aromatic carbocycles. The maximum atomic E-state index is 10.5. The number of rotatable bonds is 6. The van der Waals surface area contributed by atoms with Crippen molar-refractivity contribution in [3.8, 4) is 5.75 Å². The molecule has 2 rings (SSSR count). The van der Waals surface area contributed by atoms with Gasteiger partial charge in [-0.15, -0.1) is 11.3 Å². The molecule has 0 amide bonds. The van der Waals surface area contributed by atoms with Crippen molar-refractivity contribution < 1.29 is 14.6 Å². The van der Waals surface area contributed by atoms with Crippen molar-refractivity contribution in [2.24, 2.45) is 0 Å². The number of aryl methyl sites for hydroxylation is 1. The van der Waals surface area contributed by atoms with E-state index < -0.39 is 5.97 Å². The zero-order valence-electron chi connectivity index (χ0n) is 11.2.